The second-order valence-corrected chi connectivity index (χ2v) is 7.17. The van der Waals surface area contributed by atoms with Gasteiger partial charge in [-0.15, -0.1) is 11.3 Å². The number of amides is 2. The lowest BCUT2D eigenvalue weighted by Gasteiger charge is -2.18. The predicted octanol–water partition coefficient (Wildman–Crippen LogP) is 4.00. The molecule has 138 valence electrons. The Kier molecular flexibility index (Phi) is 5.88. The molecule has 0 spiro atoms. The van der Waals surface area contributed by atoms with Crippen molar-refractivity contribution >= 4 is 34.5 Å². The van der Waals surface area contributed by atoms with E-state index in [-0.39, 0.29) is 11.8 Å². The highest BCUT2D eigenvalue weighted by atomic mass is 32.1. The molecule has 2 N–H and O–H groups in total. The first kappa shape index (κ1) is 18.7. The SMILES string of the molecule is CN(C)c1ccc(NC(=O)c2cccs2)cc1C(=O)NCc1ccccc1. The number of rotatable bonds is 6. The summed E-state index contributed by atoms with van der Waals surface area (Å²) in [5, 5.41) is 7.65. The van der Waals surface area contributed by atoms with Crippen LogP contribution in [-0.4, -0.2) is 25.9 Å². The van der Waals surface area contributed by atoms with E-state index in [4.69, 9.17) is 0 Å². The summed E-state index contributed by atoms with van der Waals surface area (Å²) < 4.78 is 0. The third-order valence-corrected chi connectivity index (χ3v) is 4.89. The minimum atomic E-state index is -0.185. The van der Waals surface area contributed by atoms with Gasteiger partial charge < -0.3 is 15.5 Å². The fraction of sp³-hybridized carbons (Fsp3) is 0.143. The van der Waals surface area contributed by atoms with Crippen LogP contribution in [0.15, 0.2) is 66.0 Å². The molecule has 0 bridgehead atoms. The minimum Gasteiger partial charge on any atom is -0.377 e. The Labute approximate surface area is 162 Å². The number of nitrogens with zero attached hydrogens (tertiary/aromatic N) is 1. The molecule has 0 aliphatic carbocycles. The Bertz CT molecular complexity index is 922. The molecule has 1 heterocycles. The van der Waals surface area contributed by atoms with E-state index in [9.17, 15) is 9.59 Å². The van der Waals surface area contributed by atoms with E-state index in [0.29, 0.717) is 22.7 Å². The van der Waals surface area contributed by atoms with Crippen molar-refractivity contribution in [3.8, 4) is 0 Å². The average Bonchev–Trinajstić information content (AvgIpc) is 3.21. The molecule has 1 aromatic heterocycles. The van der Waals surface area contributed by atoms with Crippen LogP contribution in [0.4, 0.5) is 11.4 Å². The van der Waals surface area contributed by atoms with Crippen molar-refractivity contribution in [1.29, 1.82) is 0 Å². The first-order valence-electron chi connectivity index (χ1n) is 8.53. The molecule has 2 aromatic carbocycles. The third-order valence-electron chi connectivity index (χ3n) is 4.02. The molecule has 0 saturated carbocycles. The summed E-state index contributed by atoms with van der Waals surface area (Å²) in [6, 6.07) is 18.7. The summed E-state index contributed by atoms with van der Waals surface area (Å²) >= 11 is 1.38. The molecule has 5 nitrogen and oxygen atoms in total. The van der Waals surface area contributed by atoms with Crippen molar-refractivity contribution in [3.63, 3.8) is 0 Å². The largest absolute Gasteiger partial charge is 0.377 e. The monoisotopic (exact) mass is 379 g/mol. The highest BCUT2D eigenvalue weighted by Gasteiger charge is 2.15. The second-order valence-electron chi connectivity index (χ2n) is 6.23. The predicted molar refractivity (Wildman–Crippen MR) is 111 cm³/mol. The zero-order valence-electron chi connectivity index (χ0n) is 15.2. The Morgan fingerprint density at radius 1 is 0.963 bits per heavy atom. The Morgan fingerprint density at radius 3 is 2.41 bits per heavy atom. The van der Waals surface area contributed by atoms with Crippen molar-refractivity contribution in [2.75, 3.05) is 24.3 Å². The number of nitrogens with one attached hydrogen (secondary N) is 2. The summed E-state index contributed by atoms with van der Waals surface area (Å²) in [5.41, 5.74) is 2.91. The molecule has 0 atom stereocenters. The number of benzene rings is 2. The number of carbonyl (C=O) groups is 2. The molecule has 3 rings (SSSR count). The van der Waals surface area contributed by atoms with Gasteiger partial charge >= 0.3 is 0 Å². The van der Waals surface area contributed by atoms with Gasteiger partial charge in [-0.25, -0.2) is 0 Å². The summed E-state index contributed by atoms with van der Waals surface area (Å²) in [6.07, 6.45) is 0. The molecule has 0 aliphatic rings. The van der Waals surface area contributed by atoms with E-state index in [2.05, 4.69) is 10.6 Å². The zero-order chi connectivity index (χ0) is 19.2. The van der Waals surface area contributed by atoms with Crippen molar-refractivity contribution in [3.05, 3.63) is 82.0 Å². The number of hydrogen-bond acceptors (Lipinski definition) is 4. The maximum absolute atomic E-state index is 12.8. The van der Waals surface area contributed by atoms with Crippen LogP contribution < -0.4 is 15.5 Å². The molecule has 0 unspecified atom stereocenters. The maximum Gasteiger partial charge on any atom is 0.265 e. The highest BCUT2D eigenvalue weighted by molar-refractivity contribution is 7.12. The summed E-state index contributed by atoms with van der Waals surface area (Å²) in [4.78, 5) is 27.5. The third kappa shape index (κ3) is 4.74. The van der Waals surface area contributed by atoms with Gasteiger partial charge in [-0.1, -0.05) is 36.4 Å². The van der Waals surface area contributed by atoms with Crippen LogP contribution in [0.25, 0.3) is 0 Å². The van der Waals surface area contributed by atoms with Gasteiger partial charge in [0, 0.05) is 32.0 Å². The first-order valence-corrected chi connectivity index (χ1v) is 9.41. The summed E-state index contributed by atoms with van der Waals surface area (Å²) in [5.74, 6) is -0.368. The van der Waals surface area contributed by atoms with E-state index in [1.54, 1.807) is 18.2 Å². The molecule has 3 aromatic rings. The highest BCUT2D eigenvalue weighted by Crippen LogP contribution is 2.24. The molecule has 0 fully saturated rings. The van der Waals surface area contributed by atoms with Crippen molar-refractivity contribution in [2.45, 2.75) is 6.54 Å². The van der Waals surface area contributed by atoms with Gasteiger partial charge in [-0.3, -0.25) is 9.59 Å². The molecule has 0 aliphatic heterocycles. The fourth-order valence-electron chi connectivity index (χ4n) is 2.66. The van der Waals surface area contributed by atoms with Crippen LogP contribution in [-0.2, 0) is 6.54 Å². The zero-order valence-corrected chi connectivity index (χ0v) is 16.0. The number of anilines is 2. The van der Waals surface area contributed by atoms with Crippen LogP contribution in [0.1, 0.15) is 25.6 Å². The van der Waals surface area contributed by atoms with Crippen molar-refractivity contribution in [2.24, 2.45) is 0 Å². The molecular formula is C21H21N3O2S. The maximum atomic E-state index is 12.8. The van der Waals surface area contributed by atoms with Crippen molar-refractivity contribution < 1.29 is 9.59 Å². The Balaban J connectivity index is 1.78. The smallest absolute Gasteiger partial charge is 0.265 e. The van der Waals surface area contributed by atoms with Crippen LogP contribution in [0, 0.1) is 0 Å². The fourth-order valence-corrected chi connectivity index (χ4v) is 3.28. The molecule has 0 radical (unpaired) electrons. The summed E-state index contributed by atoms with van der Waals surface area (Å²) in [6.45, 7) is 0.443. The van der Waals surface area contributed by atoms with Gasteiger partial charge in [0.2, 0.25) is 0 Å². The second kappa shape index (κ2) is 8.51. The topological polar surface area (TPSA) is 61.4 Å². The van der Waals surface area contributed by atoms with Crippen LogP contribution >= 0.6 is 11.3 Å². The molecular weight excluding hydrogens is 358 g/mol. The lowest BCUT2D eigenvalue weighted by Crippen LogP contribution is -2.25. The minimum absolute atomic E-state index is 0.182. The standard InChI is InChI=1S/C21H21N3O2S/c1-24(2)18-11-10-16(23-21(26)19-9-6-12-27-19)13-17(18)20(25)22-14-15-7-4-3-5-8-15/h3-13H,14H2,1-2H3,(H,22,25)(H,23,26). The quantitative estimate of drug-likeness (QED) is 0.681. The van der Waals surface area contributed by atoms with Gasteiger partial charge in [-0.2, -0.15) is 0 Å². The van der Waals surface area contributed by atoms with E-state index >= 15 is 0 Å². The van der Waals surface area contributed by atoms with Gasteiger partial charge in [0.05, 0.1) is 10.4 Å². The lowest BCUT2D eigenvalue weighted by molar-refractivity contribution is 0.0950. The normalized spacial score (nSPS) is 10.3. The molecule has 6 heteroatoms. The Hall–Kier alpha value is -3.12. The van der Waals surface area contributed by atoms with Gasteiger partial charge in [0.15, 0.2) is 0 Å². The lowest BCUT2D eigenvalue weighted by atomic mass is 10.1. The first-order chi connectivity index (χ1) is 13.0. The van der Waals surface area contributed by atoms with E-state index in [1.807, 2.05) is 66.8 Å². The Morgan fingerprint density at radius 2 is 1.74 bits per heavy atom. The van der Waals surface area contributed by atoms with Crippen LogP contribution in [0.3, 0.4) is 0 Å². The van der Waals surface area contributed by atoms with E-state index in [0.717, 1.165) is 11.3 Å². The average molecular weight is 379 g/mol. The van der Waals surface area contributed by atoms with Gasteiger partial charge in [-0.05, 0) is 35.2 Å². The van der Waals surface area contributed by atoms with Crippen LogP contribution in [0.2, 0.25) is 0 Å². The number of carbonyl (C=O) groups excluding carboxylic acids is 2. The van der Waals surface area contributed by atoms with E-state index in [1.165, 1.54) is 11.3 Å². The number of hydrogen-bond donors (Lipinski definition) is 2. The van der Waals surface area contributed by atoms with Gasteiger partial charge in [0.1, 0.15) is 0 Å². The molecule has 0 saturated heterocycles. The summed E-state index contributed by atoms with van der Waals surface area (Å²) in [7, 11) is 3.76. The van der Waals surface area contributed by atoms with Gasteiger partial charge in [0.25, 0.3) is 11.8 Å². The van der Waals surface area contributed by atoms with E-state index < -0.39 is 0 Å². The molecule has 2 amide bonds. The van der Waals surface area contributed by atoms with Crippen molar-refractivity contribution in [1.82, 2.24) is 5.32 Å². The molecule has 27 heavy (non-hydrogen) atoms. The number of thiophene rings is 1. The van der Waals surface area contributed by atoms with Crippen LogP contribution in [0.5, 0.6) is 0 Å².